The molecule has 0 spiro atoms. The maximum absolute atomic E-state index is 12.6. The van der Waals surface area contributed by atoms with E-state index >= 15 is 0 Å². The summed E-state index contributed by atoms with van der Waals surface area (Å²) in [6.07, 6.45) is -1.59. The van der Waals surface area contributed by atoms with Crippen LogP contribution in [0.15, 0.2) is 0 Å². The minimum absolute atomic E-state index is 0.245. The van der Waals surface area contributed by atoms with Crippen LogP contribution in [0.3, 0.4) is 0 Å². The topological polar surface area (TPSA) is 188 Å². The van der Waals surface area contributed by atoms with E-state index in [2.05, 4.69) is 10.6 Å². The van der Waals surface area contributed by atoms with Gasteiger partial charge in [-0.3, -0.25) is 24.0 Å². The highest BCUT2D eigenvalue weighted by Crippen LogP contribution is 2.13. The number of nitrogens with two attached hydrogens (primary N) is 1. The number of carboxylic acids is 1. The van der Waals surface area contributed by atoms with Gasteiger partial charge in [0.05, 0.1) is 19.0 Å². The molecule has 5 N–H and O–H groups in total. The van der Waals surface area contributed by atoms with Crippen LogP contribution in [-0.2, 0) is 28.7 Å². The number of carbonyl (C=O) groups excluding carboxylic acids is 5. The number of primary amides is 1. The molecule has 1 atom stereocenters. The summed E-state index contributed by atoms with van der Waals surface area (Å²) in [5.41, 5.74) is 4.33. The number of nitrogens with one attached hydrogen (secondary N) is 2. The highest BCUT2D eigenvalue weighted by atomic mass is 32.2. The Balaban J connectivity index is 2.75. The Morgan fingerprint density at radius 2 is 1.85 bits per heavy atom. The Morgan fingerprint density at radius 3 is 2.36 bits per heavy atom. The summed E-state index contributed by atoms with van der Waals surface area (Å²) < 4.78 is 5.08. The van der Waals surface area contributed by atoms with E-state index in [0.717, 1.165) is 10.7 Å². The number of carboxylic acid groups (broad SMARTS) is 1. The third-order valence-corrected chi connectivity index (χ3v) is 5.16. The fourth-order valence-corrected chi connectivity index (χ4v) is 3.65. The number of ether oxygens (including phenoxy) is 1. The van der Waals surface area contributed by atoms with Crippen molar-refractivity contribution < 1.29 is 38.6 Å². The molecule has 0 unspecified atom stereocenters. The molecule has 5 amide bonds. The Morgan fingerprint density at radius 1 is 1.18 bits per heavy atom. The molecule has 0 aliphatic carbocycles. The van der Waals surface area contributed by atoms with Gasteiger partial charge in [-0.1, -0.05) is 0 Å². The van der Waals surface area contributed by atoms with Crippen molar-refractivity contribution in [3.8, 4) is 0 Å². The SMILES string of the molecule is CC(C)(C)OC(=O)N[C@@H](CCC(=O)O)C(=O)NCC(=O)N(CC(N)=O)CC(=O)N1CCSC1. The van der Waals surface area contributed by atoms with Gasteiger partial charge in [0.25, 0.3) is 0 Å². The lowest BCUT2D eigenvalue weighted by atomic mass is 10.1. The molecule has 1 saturated heterocycles. The van der Waals surface area contributed by atoms with Gasteiger partial charge >= 0.3 is 12.1 Å². The van der Waals surface area contributed by atoms with Crippen LogP contribution in [0.4, 0.5) is 4.79 Å². The van der Waals surface area contributed by atoms with E-state index in [0.29, 0.717) is 12.4 Å². The van der Waals surface area contributed by atoms with E-state index in [4.69, 9.17) is 15.6 Å². The molecule has 13 nitrogen and oxygen atoms in total. The van der Waals surface area contributed by atoms with Gasteiger partial charge in [0.1, 0.15) is 18.2 Å². The second-order valence-corrected chi connectivity index (χ2v) is 9.33. The standard InChI is InChI=1S/C19H31N5O8S/c1-19(2,3)32-18(31)22-12(4-5-16(28)29)17(30)21-8-14(26)24(9-13(20)25)10-15(27)23-6-7-33-11-23/h12H,4-11H2,1-3H3,(H2,20,25)(H,21,30)(H,22,31)(H,28,29)/t12-/m0/s1. The molecule has 1 heterocycles. The van der Waals surface area contributed by atoms with E-state index in [1.807, 2.05) is 0 Å². The normalized spacial score (nSPS) is 14.2. The van der Waals surface area contributed by atoms with Gasteiger partial charge in [-0.15, -0.1) is 11.8 Å². The fourth-order valence-electron chi connectivity index (χ4n) is 2.68. The quantitative estimate of drug-likeness (QED) is 0.274. The average Bonchev–Trinajstić information content (AvgIpc) is 3.21. The summed E-state index contributed by atoms with van der Waals surface area (Å²) in [5, 5.41) is 13.5. The van der Waals surface area contributed by atoms with Crippen LogP contribution in [0.2, 0.25) is 0 Å². The highest BCUT2D eigenvalue weighted by molar-refractivity contribution is 7.99. The van der Waals surface area contributed by atoms with Crippen LogP contribution in [0.25, 0.3) is 0 Å². The lowest BCUT2D eigenvalue weighted by Gasteiger charge is -2.25. The largest absolute Gasteiger partial charge is 0.481 e. The Kier molecular flexibility index (Phi) is 10.9. The van der Waals surface area contributed by atoms with Crippen LogP contribution in [0.5, 0.6) is 0 Å². The summed E-state index contributed by atoms with van der Waals surface area (Å²) in [6.45, 7) is 3.90. The van der Waals surface area contributed by atoms with E-state index in [1.54, 1.807) is 32.5 Å². The number of amides is 5. The number of hydrogen-bond acceptors (Lipinski definition) is 8. The first-order valence-electron chi connectivity index (χ1n) is 10.2. The highest BCUT2D eigenvalue weighted by Gasteiger charge is 2.28. The number of rotatable bonds is 11. The average molecular weight is 490 g/mol. The molecule has 0 bridgehead atoms. The summed E-state index contributed by atoms with van der Waals surface area (Å²) in [7, 11) is 0. The first-order valence-corrected chi connectivity index (χ1v) is 11.3. The molecule has 1 rings (SSSR count). The summed E-state index contributed by atoms with van der Waals surface area (Å²) >= 11 is 1.56. The van der Waals surface area contributed by atoms with Gasteiger partial charge in [0.2, 0.25) is 23.6 Å². The van der Waals surface area contributed by atoms with Crippen molar-refractivity contribution in [2.24, 2.45) is 5.73 Å². The predicted octanol–water partition coefficient (Wildman–Crippen LogP) is -1.29. The van der Waals surface area contributed by atoms with Crippen LogP contribution in [0.1, 0.15) is 33.6 Å². The van der Waals surface area contributed by atoms with E-state index in [-0.39, 0.29) is 18.9 Å². The molecule has 1 fully saturated rings. The van der Waals surface area contributed by atoms with Gasteiger partial charge in [-0.05, 0) is 27.2 Å². The predicted molar refractivity (Wildman–Crippen MR) is 118 cm³/mol. The van der Waals surface area contributed by atoms with Gasteiger partial charge < -0.3 is 36.0 Å². The maximum Gasteiger partial charge on any atom is 0.408 e. The summed E-state index contributed by atoms with van der Waals surface area (Å²) in [5.74, 6) is -2.67. The van der Waals surface area contributed by atoms with Crippen LogP contribution >= 0.6 is 11.8 Å². The molecule has 1 aliphatic rings. The number of carbonyl (C=O) groups is 6. The minimum Gasteiger partial charge on any atom is -0.481 e. The van der Waals surface area contributed by atoms with Crippen molar-refractivity contribution in [1.29, 1.82) is 0 Å². The third kappa shape index (κ3) is 11.4. The Labute approximate surface area is 195 Å². The van der Waals surface area contributed by atoms with Gasteiger partial charge in [-0.2, -0.15) is 0 Å². The molecular weight excluding hydrogens is 458 g/mol. The summed E-state index contributed by atoms with van der Waals surface area (Å²) in [6, 6.07) is -1.28. The molecule has 186 valence electrons. The molecular formula is C19H31N5O8S. The zero-order valence-electron chi connectivity index (χ0n) is 18.9. The Hall–Kier alpha value is -3.03. The monoisotopic (exact) mass is 489 g/mol. The fraction of sp³-hybridized carbons (Fsp3) is 0.684. The second kappa shape index (κ2) is 12.9. The van der Waals surface area contributed by atoms with Crippen molar-refractivity contribution in [2.75, 3.05) is 37.8 Å². The lowest BCUT2D eigenvalue weighted by Crippen LogP contribution is -2.52. The van der Waals surface area contributed by atoms with Crippen molar-refractivity contribution in [1.82, 2.24) is 20.4 Å². The smallest absolute Gasteiger partial charge is 0.408 e. The number of hydrogen-bond donors (Lipinski definition) is 4. The van der Waals surface area contributed by atoms with Crippen LogP contribution in [-0.4, -0.2) is 100 Å². The van der Waals surface area contributed by atoms with E-state index in [9.17, 15) is 28.8 Å². The number of alkyl carbamates (subject to hydrolysis) is 1. The zero-order valence-corrected chi connectivity index (χ0v) is 19.7. The van der Waals surface area contributed by atoms with Crippen molar-refractivity contribution in [3.05, 3.63) is 0 Å². The van der Waals surface area contributed by atoms with E-state index in [1.165, 1.54) is 4.90 Å². The molecule has 0 radical (unpaired) electrons. The molecule has 0 aromatic rings. The molecule has 0 aromatic heterocycles. The second-order valence-electron chi connectivity index (χ2n) is 8.26. The maximum atomic E-state index is 12.6. The summed E-state index contributed by atoms with van der Waals surface area (Å²) in [4.78, 5) is 74.1. The first-order chi connectivity index (χ1) is 15.3. The Bertz CT molecular complexity index is 764. The number of thioether (sulfide) groups is 1. The zero-order chi connectivity index (χ0) is 25.2. The molecule has 0 aromatic carbocycles. The first kappa shape index (κ1) is 28.0. The third-order valence-electron chi connectivity index (χ3n) is 4.20. The molecule has 1 aliphatic heterocycles. The van der Waals surface area contributed by atoms with Crippen LogP contribution in [0, 0.1) is 0 Å². The van der Waals surface area contributed by atoms with Crippen molar-refractivity contribution >= 4 is 47.5 Å². The molecule has 14 heteroatoms. The van der Waals surface area contributed by atoms with Gasteiger partial charge in [0, 0.05) is 18.7 Å². The van der Waals surface area contributed by atoms with Crippen molar-refractivity contribution in [2.45, 2.75) is 45.3 Å². The van der Waals surface area contributed by atoms with Crippen LogP contribution < -0.4 is 16.4 Å². The number of aliphatic carboxylic acids is 1. The molecule has 0 saturated carbocycles. The van der Waals surface area contributed by atoms with Gasteiger partial charge in [0.15, 0.2) is 0 Å². The lowest BCUT2D eigenvalue weighted by molar-refractivity contribution is -0.141. The minimum atomic E-state index is -1.28. The van der Waals surface area contributed by atoms with Gasteiger partial charge in [-0.25, -0.2) is 4.79 Å². The van der Waals surface area contributed by atoms with E-state index < -0.39 is 60.9 Å². The van der Waals surface area contributed by atoms with Crippen molar-refractivity contribution in [3.63, 3.8) is 0 Å². The molecule has 33 heavy (non-hydrogen) atoms. The number of nitrogens with zero attached hydrogens (tertiary/aromatic N) is 2.